The van der Waals surface area contributed by atoms with Gasteiger partial charge in [0.1, 0.15) is 0 Å². The Bertz CT molecular complexity index is 372. The summed E-state index contributed by atoms with van der Waals surface area (Å²) in [4.78, 5) is 2.50. The molecule has 2 rings (SSSR count). The highest BCUT2D eigenvalue weighted by molar-refractivity contribution is 5.03. The van der Waals surface area contributed by atoms with Crippen LogP contribution in [0.3, 0.4) is 0 Å². The molecular formula is C15H28N4O. The van der Waals surface area contributed by atoms with E-state index < -0.39 is 0 Å². The lowest BCUT2D eigenvalue weighted by molar-refractivity contribution is 0.00563. The maximum Gasteiger partial charge on any atom is 0.0599 e. The molecule has 0 atom stereocenters. The number of hydrogen-bond donors (Lipinski definition) is 1. The van der Waals surface area contributed by atoms with Crippen molar-refractivity contribution >= 4 is 0 Å². The molecule has 1 aromatic heterocycles. The Labute approximate surface area is 122 Å². The highest BCUT2D eigenvalue weighted by Gasteiger charge is 2.19. The van der Waals surface area contributed by atoms with Crippen LogP contribution in [0.2, 0.25) is 0 Å². The summed E-state index contributed by atoms with van der Waals surface area (Å²) in [6.07, 6.45) is 8.97. The average molecular weight is 280 g/mol. The van der Waals surface area contributed by atoms with E-state index in [4.69, 9.17) is 10.5 Å². The third kappa shape index (κ3) is 4.89. The summed E-state index contributed by atoms with van der Waals surface area (Å²) >= 11 is 0. The van der Waals surface area contributed by atoms with Crippen molar-refractivity contribution < 1.29 is 4.74 Å². The Morgan fingerprint density at radius 1 is 1.40 bits per heavy atom. The number of rotatable bonds is 8. The molecule has 5 nitrogen and oxygen atoms in total. The van der Waals surface area contributed by atoms with Gasteiger partial charge in [0.25, 0.3) is 0 Å². The van der Waals surface area contributed by atoms with Gasteiger partial charge in [-0.25, -0.2) is 0 Å². The van der Waals surface area contributed by atoms with Crippen molar-refractivity contribution in [3.05, 3.63) is 18.0 Å². The molecule has 5 heteroatoms. The number of likely N-dealkylation sites (tertiary alicyclic amines) is 1. The second-order valence-electron chi connectivity index (χ2n) is 5.60. The molecule has 0 unspecified atom stereocenters. The standard InChI is InChI=1S/C15H28N4O/c1-2-7-19-13-14(11-17-19)12-18-8-4-15(5-9-18)20-10-3-6-16/h11,13,15H,2-10,12,16H2,1H3. The smallest absolute Gasteiger partial charge is 0.0599 e. The van der Waals surface area contributed by atoms with E-state index in [1.54, 1.807) is 0 Å². The first-order chi connectivity index (χ1) is 9.81. The average Bonchev–Trinajstić information content (AvgIpc) is 2.89. The Balaban J connectivity index is 1.68. The highest BCUT2D eigenvalue weighted by atomic mass is 16.5. The van der Waals surface area contributed by atoms with Gasteiger partial charge in [-0.1, -0.05) is 6.92 Å². The molecule has 0 amide bonds. The summed E-state index contributed by atoms with van der Waals surface area (Å²) in [5.74, 6) is 0. The second-order valence-corrected chi connectivity index (χ2v) is 5.60. The molecule has 0 radical (unpaired) electrons. The van der Waals surface area contributed by atoms with E-state index in [-0.39, 0.29) is 0 Å². The first kappa shape index (κ1) is 15.5. The molecule has 1 aromatic rings. The van der Waals surface area contributed by atoms with Crippen LogP contribution >= 0.6 is 0 Å². The van der Waals surface area contributed by atoms with Crippen LogP contribution in [0.4, 0.5) is 0 Å². The van der Waals surface area contributed by atoms with Crippen molar-refractivity contribution in [2.75, 3.05) is 26.2 Å². The van der Waals surface area contributed by atoms with Crippen molar-refractivity contribution in [2.45, 2.75) is 51.8 Å². The molecule has 0 aliphatic carbocycles. The van der Waals surface area contributed by atoms with Crippen LogP contribution in [0.25, 0.3) is 0 Å². The number of aromatic nitrogens is 2. The monoisotopic (exact) mass is 280 g/mol. The Hall–Kier alpha value is -0.910. The molecule has 0 bridgehead atoms. The second kappa shape index (κ2) is 8.39. The maximum absolute atomic E-state index is 5.83. The van der Waals surface area contributed by atoms with Crippen LogP contribution in [0, 0.1) is 0 Å². The van der Waals surface area contributed by atoms with E-state index in [0.717, 1.165) is 65.0 Å². The number of nitrogens with zero attached hydrogens (tertiary/aromatic N) is 3. The van der Waals surface area contributed by atoms with Crippen LogP contribution in [0.5, 0.6) is 0 Å². The van der Waals surface area contributed by atoms with Crippen molar-refractivity contribution in [1.82, 2.24) is 14.7 Å². The highest BCUT2D eigenvalue weighted by Crippen LogP contribution is 2.16. The Kier molecular flexibility index (Phi) is 6.50. The predicted octanol–water partition coefficient (Wildman–Crippen LogP) is 1.62. The maximum atomic E-state index is 5.83. The molecule has 0 aromatic carbocycles. The number of aryl methyl sites for hydroxylation is 1. The van der Waals surface area contributed by atoms with E-state index in [2.05, 4.69) is 23.1 Å². The quantitative estimate of drug-likeness (QED) is 0.735. The van der Waals surface area contributed by atoms with Gasteiger partial charge in [-0.05, 0) is 32.2 Å². The van der Waals surface area contributed by atoms with Crippen LogP contribution < -0.4 is 5.73 Å². The fraction of sp³-hybridized carbons (Fsp3) is 0.800. The van der Waals surface area contributed by atoms with Crippen molar-refractivity contribution in [3.8, 4) is 0 Å². The summed E-state index contributed by atoms with van der Waals surface area (Å²) < 4.78 is 7.87. The van der Waals surface area contributed by atoms with Gasteiger partial charge in [0.05, 0.1) is 12.3 Å². The van der Waals surface area contributed by atoms with Crippen LogP contribution in [-0.2, 0) is 17.8 Å². The fourth-order valence-corrected chi connectivity index (χ4v) is 2.67. The van der Waals surface area contributed by atoms with Gasteiger partial charge in [0.2, 0.25) is 0 Å². The van der Waals surface area contributed by atoms with Crippen LogP contribution in [0.15, 0.2) is 12.4 Å². The lowest BCUT2D eigenvalue weighted by atomic mass is 10.1. The van der Waals surface area contributed by atoms with Gasteiger partial charge < -0.3 is 10.5 Å². The SMILES string of the molecule is CCCn1cc(CN2CCC(OCCCN)CC2)cn1. The van der Waals surface area contributed by atoms with E-state index in [0.29, 0.717) is 6.10 Å². The molecule has 1 fully saturated rings. The van der Waals surface area contributed by atoms with Crippen LogP contribution in [-0.4, -0.2) is 47.0 Å². The summed E-state index contributed by atoms with van der Waals surface area (Å²) in [5, 5.41) is 4.39. The van der Waals surface area contributed by atoms with Crippen molar-refractivity contribution in [2.24, 2.45) is 5.73 Å². The molecule has 2 N–H and O–H groups in total. The van der Waals surface area contributed by atoms with Gasteiger partial charge >= 0.3 is 0 Å². The van der Waals surface area contributed by atoms with Gasteiger partial charge in [0, 0.05) is 44.5 Å². The topological polar surface area (TPSA) is 56.3 Å². The lowest BCUT2D eigenvalue weighted by Gasteiger charge is -2.31. The zero-order valence-corrected chi connectivity index (χ0v) is 12.6. The number of ether oxygens (including phenoxy) is 1. The molecule has 20 heavy (non-hydrogen) atoms. The van der Waals surface area contributed by atoms with Gasteiger partial charge in [-0.3, -0.25) is 9.58 Å². The zero-order valence-electron chi connectivity index (χ0n) is 12.6. The van der Waals surface area contributed by atoms with Crippen molar-refractivity contribution in [1.29, 1.82) is 0 Å². The van der Waals surface area contributed by atoms with Crippen LogP contribution in [0.1, 0.15) is 38.2 Å². The molecule has 1 aliphatic heterocycles. The summed E-state index contributed by atoms with van der Waals surface area (Å²) in [6, 6.07) is 0. The molecular weight excluding hydrogens is 252 g/mol. The summed E-state index contributed by atoms with van der Waals surface area (Å²) in [5.41, 5.74) is 6.80. The van der Waals surface area contributed by atoms with Gasteiger partial charge in [-0.2, -0.15) is 5.10 Å². The fourth-order valence-electron chi connectivity index (χ4n) is 2.67. The number of nitrogens with two attached hydrogens (primary N) is 1. The molecule has 0 saturated carbocycles. The minimum absolute atomic E-state index is 0.431. The van der Waals surface area contributed by atoms with E-state index in [9.17, 15) is 0 Å². The molecule has 2 heterocycles. The minimum atomic E-state index is 0.431. The molecule has 1 saturated heterocycles. The Morgan fingerprint density at radius 3 is 2.90 bits per heavy atom. The minimum Gasteiger partial charge on any atom is -0.378 e. The molecule has 114 valence electrons. The summed E-state index contributed by atoms with van der Waals surface area (Å²) in [7, 11) is 0. The van der Waals surface area contributed by atoms with E-state index >= 15 is 0 Å². The van der Waals surface area contributed by atoms with Crippen molar-refractivity contribution in [3.63, 3.8) is 0 Å². The normalized spacial score (nSPS) is 17.7. The first-order valence-corrected chi connectivity index (χ1v) is 7.87. The third-order valence-electron chi connectivity index (χ3n) is 3.78. The lowest BCUT2D eigenvalue weighted by Crippen LogP contribution is -2.36. The third-order valence-corrected chi connectivity index (χ3v) is 3.78. The van der Waals surface area contributed by atoms with E-state index in [1.165, 1.54) is 5.56 Å². The molecule has 1 aliphatic rings. The largest absolute Gasteiger partial charge is 0.378 e. The zero-order chi connectivity index (χ0) is 14.2. The predicted molar refractivity (Wildman–Crippen MR) is 80.4 cm³/mol. The van der Waals surface area contributed by atoms with E-state index in [1.807, 2.05) is 10.9 Å². The first-order valence-electron chi connectivity index (χ1n) is 7.87. The van der Waals surface area contributed by atoms with Gasteiger partial charge in [0.15, 0.2) is 0 Å². The molecule has 0 spiro atoms. The number of hydrogen-bond acceptors (Lipinski definition) is 4. The Morgan fingerprint density at radius 2 is 2.20 bits per heavy atom. The van der Waals surface area contributed by atoms with Gasteiger partial charge in [-0.15, -0.1) is 0 Å². The summed E-state index contributed by atoms with van der Waals surface area (Å²) in [6.45, 7) is 7.97. The number of piperidine rings is 1.